The quantitative estimate of drug-likeness (QED) is 0.736. The summed E-state index contributed by atoms with van der Waals surface area (Å²) in [7, 11) is 0. The molecule has 4 heteroatoms. The van der Waals surface area contributed by atoms with E-state index in [1.54, 1.807) is 0 Å². The average Bonchev–Trinajstić information content (AvgIpc) is 2.45. The van der Waals surface area contributed by atoms with Crippen LogP contribution >= 0.6 is 0 Å². The van der Waals surface area contributed by atoms with Gasteiger partial charge >= 0.3 is 5.97 Å². The lowest BCUT2D eigenvalue weighted by molar-refractivity contribution is -0.142. The van der Waals surface area contributed by atoms with Crippen molar-refractivity contribution in [2.45, 2.75) is 46.5 Å². The fourth-order valence-corrected chi connectivity index (χ4v) is 2.37. The Morgan fingerprint density at radius 3 is 2.36 bits per heavy atom. The van der Waals surface area contributed by atoms with Gasteiger partial charge in [-0.3, -0.25) is 9.59 Å². The summed E-state index contributed by atoms with van der Waals surface area (Å²) >= 11 is 0. The van der Waals surface area contributed by atoms with Crippen molar-refractivity contribution in [2.24, 2.45) is 11.8 Å². The van der Waals surface area contributed by atoms with Crippen LogP contribution in [-0.2, 0) is 16.0 Å². The highest BCUT2D eigenvalue weighted by atomic mass is 16.4. The van der Waals surface area contributed by atoms with Crippen LogP contribution in [0.1, 0.15) is 44.2 Å². The van der Waals surface area contributed by atoms with E-state index in [0.717, 1.165) is 12.8 Å². The Morgan fingerprint density at radius 2 is 1.82 bits per heavy atom. The molecule has 1 amide bonds. The molecule has 2 N–H and O–H groups in total. The summed E-state index contributed by atoms with van der Waals surface area (Å²) in [5.41, 5.74) is 2.45. The van der Waals surface area contributed by atoms with Gasteiger partial charge in [-0.15, -0.1) is 0 Å². The second-order valence-electron chi connectivity index (χ2n) is 6.31. The average molecular weight is 305 g/mol. The molecule has 1 rings (SSSR count). The number of aliphatic carboxylic acids is 1. The number of nitrogens with one attached hydrogen (secondary N) is 1. The molecule has 1 aromatic carbocycles. The van der Waals surface area contributed by atoms with E-state index in [1.165, 1.54) is 11.1 Å². The second-order valence-corrected chi connectivity index (χ2v) is 6.31. The van der Waals surface area contributed by atoms with E-state index in [1.807, 2.05) is 20.8 Å². The lowest BCUT2D eigenvalue weighted by atomic mass is 9.97. The van der Waals surface area contributed by atoms with Crippen molar-refractivity contribution in [3.8, 4) is 0 Å². The van der Waals surface area contributed by atoms with Gasteiger partial charge < -0.3 is 10.4 Å². The van der Waals surface area contributed by atoms with E-state index in [9.17, 15) is 9.59 Å². The van der Waals surface area contributed by atoms with E-state index in [2.05, 4.69) is 29.6 Å². The summed E-state index contributed by atoms with van der Waals surface area (Å²) in [6, 6.07) is 8.30. The number of carboxylic acids is 1. The minimum Gasteiger partial charge on any atom is -0.481 e. The fourth-order valence-electron chi connectivity index (χ4n) is 2.37. The molecule has 0 aromatic heterocycles. The van der Waals surface area contributed by atoms with Crippen molar-refractivity contribution in [1.82, 2.24) is 5.32 Å². The normalized spacial score (nSPS) is 12.2. The zero-order valence-corrected chi connectivity index (χ0v) is 13.8. The minimum atomic E-state index is -0.839. The minimum absolute atomic E-state index is 0.0675. The molecule has 0 spiro atoms. The number of carboxylic acid groups (broad SMARTS) is 1. The summed E-state index contributed by atoms with van der Waals surface area (Å²) in [6.07, 6.45) is 2.65. The van der Waals surface area contributed by atoms with Gasteiger partial charge in [0.15, 0.2) is 0 Å². The molecule has 0 fully saturated rings. The number of benzene rings is 1. The molecule has 0 aliphatic carbocycles. The Kier molecular flexibility index (Phi) is 7.64. The molecule has 122 valence electrons. The van der Waals surface area contributed by atoms with E-state index < -0.39 is 11.9 Å². The zero-order valence-electron chi connectivity index (χ0n) is 13.8. The molecular weight excluding hydrogens is 278 g/mol. The smallest absolute Gasteiger partial charge is 0.308 e. The van der Waals surface area contributed by atoms with Gasteiger partial charge in [0.1, 0.15) is 0 Å². The molecule has 0 bridgehead atoms. The molecule has 0 aliphatic heterocycles. The maximum absolute atomic E-state index is 11.8. The van der Waals surface area contributed by atoms with Crippen molar-refractivity contribution in [2.75, 3.05) is 6.54 Å². The van der Waals surface area contributed by atoms with Crippen LogP contribution < -0.4 is 5.32 Å². The van der Waals surface area contributed by atoms with Crippen molar-refractivity contribution < 1.29 is 14.7 Å². The molecule has 0 heterocycles. The Bertz CT molecular complexity index is 480. The van der Waals surface area contributed by atoms with Gasteiger partial charge in [-0.25, -0.2) is 0 Å². The maximum atomic E-state index is 11.8. The highest BCUT2D eigenvalue weighted by Gasteiger charge is 2.19. The van der Waals surface area contributed by atoms with Gasteiger partial charge in [0, 0.05) is 13.0 Å². The summed E-state index contributed by atoms with van der Waals surface area (Å²) in [5.74, 6) is -1.10. The molecule has 1 atom stereocenters. The van der Waals surface area contributed by atoms with Gasteiger partial charge in [-0.2, -0.15) is 0 Å². The van der Waals surface area contributed by atoms with Crippen LogP contribution in [0.3, 0.4) is 0 Å². The SMILES string of the molecule is Cc1ccc(CCCC(=O)NCC(CC(C)C)C(=O)O)cc1. The third-order valence-electron chi connectivity index (χ3n) is 3.64. The summed E-state index contributed by atoms with van der Waals surface area (Å²) < 4.78 is 0. The number of carbonyl (C=O) groups excluding carboxylic acids is 1. The summed E-state index contributed by atoms with van der Waals surface area (Å²) in [5, 5.41) is 11.9. The predicted octanol–water partition coefficient (Wildman–Crippen LogP) is 3.18. The molecule has 0 radical (unpaired) electrons. The van der Waals surface area contributed by atoms with Crippen LogP contribution in [0.15, 0.2) is 24.3 Å². The second kappa shape index (κ2) is 9.23. The van der Waals surface area contributed by atoms with Crippen molar-refractivity contribution >= 4 is 11.9 Å². The molecule has 1 unspecified atom stereocenters. The van der Waals surface area contributed by atoms with Crippen LogP contribution in [0.2, 0.25) is 0 Å². The Labute approximate surface area is 132 Å². The van der Waals surface area contributed by atoms with E-state index in [0.29, 0.717) is 18.8 Å². The lowest BCUT2D eigenvalue weighted by Crippen LogP contribution is -2.33. The first-order valence-electron chi connectivity index (χ1n) is 7.93. The number of carbonyl (C=O) groups is 2. The van der Waals surface area contributed by atoms with Crippen LogP contribution in [0, 0.1) is 18.8 Å². The number of rotatable bonds is 9. The molecule has 4 nitrogen and oxygen atoms in total. The van der Waals surface area contributed by atoms with Gasteiger partial charge in [-0.05, 0) is 37.7 Å². The van der Waals surface area contributed by atoms with Gasteiger partial charge in [0.25, 0.3) is 0 Å². The first-order chi connectivity index (χ1) is 10.4. The van der Waals surface area contributed by atoms with Crippen molar-refractivity contribution in [3.05, 3.63) is 35.4 Å². The topological polar surface area (TPSA) is 66.4 Å². The van der Waals surface area contributed by atoms with Crippen LogP contribution in [0.4, 0.5) is 0 Å². The zero-order chi connectivity index (χ0) is 16.5. The number of hydrogen-bond donors (Lipinski definition) is 2. The van der Waals surface area contributed by atoms with E-state index >= 15 is 0 Å². The van der Waals surface area contributed by atoms with Gasteiger partial charge in [-0.1, -0.05) is 43.7 Å². The highest BCUT2D eigenvalue weighted by Crippen LogP contribution is 2.11. The molecule has 0 aliphatic rings. The molecule has 0 saturated heterocycles. The first-order valence-corrected chi connectivity index (χ1v) is 7.93. The third-order valence-corrected chi connectivity index (χ3v) is 3.64. The van der Waals surface area contributed by atoms with E-state index in [4.69, 9.17) is 5.11 Å². The van der Waals surface area contributed by atoms with Crippen molar-refractivity contribution in [1.29, 1.82) is 0 Å². The molecule has 1 aromatic rings. The number of hydrogen-bond acceptors (Lipinski definition) is 2. The first kappa shape index (κ1) is 18.2. The van der Waals surface area contributed by atoms with Crippen molar-refractivity contribution in [3.63, 3.8) is 0 Å². The summed E-state index contributed by atoms with van der Waals surface area (Å²) in [6.45, 7) is 6.24. The Hall–Kier alpha value is -1.84. The molecule has 22 heavy (non-hydrogen) atoms. The Balaban J connectivity index is 2.27. The lowest BCUT2D eigenvalue weighted by Gasteiger charge is -2.15. The maximum Gasteiger partial charge on any atom is 0.308 e. The number of amides is 1. The summed E-state index contributed by atoms with van der Waals surface area (Å²) in [4.78, 5) is 22.9. The van der Waals surface area contributed by atoms with Crippen LogP contribution in [-0.4, -0.2) is 23.5 Å². The fraction of sp³-hybridized carbons (Fsp3) is 0.556. The highest BCUT2D eigenvalue weighted by molar-refractivity contribution is 5.77. The van der Waals surface area contributed by atoms with Gasteiger partial charge in [0.2, 0.25) is 5.91 Å². The monoisotopic (exact) mass is 305 g/mol. The third kappa shape index (κ3) is 7.25. The largest absolute Gasteiger partial charge is 0.481 e. The van der Waals surface area contributed by atoms with Crippen LogP contribution in [0.25, 0.3) is 0 Å². The molecule has 0 saturated carbocycles. The molecular formula is C18H27NO3. The van der Waals surface area contributed by atoms with Gasteiger partial charge in [0.05, 0.1) is 5.92 Å². The Morgan fingerprint density at radius 1 is 1.18 bits per heavy atom. The standard InChI is InChI=1S/C18H27NO3/c1-13(2)11-16(18(21)22)12-19-17(20)6-4-5-15-9-7-14(3)8-10-15/h7-10,13,16H,4-6,11-12H2,1-3H3,(H,19,20)(H,21,22). The number of aryl methyl sites for hydroxylation is 2. The van der Waals surface area contributed by atoms with Crippen LogP contribution in [0.5, 0.6) is 0 Å². The predicted molar refractivity (Wildman–Crippen MR) is 87.7 cm³/mol. The van der Waals surface area contributed by atoms with E-state index in [-0.39, 0.29) is 12.5 Å².